The Morgan fingerprint density at radius 1 is 1.14 bits per heavy atom. The number of benzene rings is 1. The van der Waals surface area contributed by atoms with Gasteiger partial charge in [0.2, 0.25) is 0 Å². The van der Waals surface area contributed by atoms with Crippen molar-refractivity contribution in [3.63, 3.8) is 0 Å². The summed E-state index contributed by atoms with van der Waals surface area (Å²) in [7, 11) is 0. The van der Waals surface area contributed by atoms with Crippen LogP contribution in [0.2, 0.25) is 5.02 Å². The van der Waals surface area contributed by atoms with Gasteiger partial charge in [-0.25, -0.2) is 0 Å². The first-order chi connectivity index (χ1) is 9.97. The number of amides is 2. The summed E-state index contributed by atoms with van der Waals surface area (Å²) in [5.41, 5.74) is 2.66. The molecule has 0 aliphatic rings. The van der Waals surface area contributed by atoms with Crippen LogP contribution in [-0.4, -0.2) is 16.8 Å². The van der Waals surface area contributed by atoms with Gasteiger partial charge in [0.1, 0.15) is 0 Å². The largest absolute Gasteiger partial charge is 0.316 e. The number of nitrogens with zero attached hydrogens (tertiary/aromatic N) is 1. The highest BCUT2D eigenvalue weighted by molar-refractivity contribution is 6.45. The van der Waals surface area contributed by atoms with Gasteiger partial charge >= 0.3 is 11.8 Å². The van der Waals surface area contributed by atoms with Crippen LogP contribution in [0.25, 0.3) is 0 Å². The molecule has 0 aliphatic heterocycles. The molecule has 0 fully saturated rings. The lowest BCUT2D eigenvalue weighted by atomic mass is 10.1. The molecular formula is C15H14ClN3O2. The number of pyridine rings is 1. The van der Waals surface area contributed by atoms with Gasteiger partial charge in [0.25, 0.3) is 0 Å². The Balaban J connectivity index is 2.10. The third kappa shape index (κ3) is 3.79. The summed E-state index contributed by atoms with van der Waals surface area (Å²) in [5, 5.41) is 5.38. The Morgan fingerprint density at radius 3 is 2.48 bits per heavy atom. The van der Waals surface area contributed by atoms with Crippen molar-refractivity contribution in [3.05, 3.63) is 52.8 Å². The van der Waals surface area contributed by atoms with Crippen LogP contribution in [0.5, 0.6) is 0 Å². The molecule has 0 bridgehead atoms. The fourth-order valence-corrected chi connectivity index (χ4v) is 2.24. The summed E-state index contributed by atoms with van der Waals surface area (Å²) in [6.07, 6.45) is 3.03. The lowest BCUT2D eigenvalue weighted by Gasteiger charge is -2.11. The number of aromatic nitrogens is 1. The number of carbonyl (C=O) groups is 2. The molecule has 1 heterocycles. The number of halogens is 1. The molecule has 2 N–H and O–H groups in total. The molecule has 5 nitrogen and oxygen atoms in total. The summed E-state index contributed by atoms with van der Waals surface area (Å²) in [6, 6.07) is 6.90. The molecule has 2 aromatic rings. The van der Waals surface area contributed by atoms with Crippen LogP contribution in [-0.2, 0) is 9.59 Å². The van der Waals surface area contributed by atoms with Crippen molar-refractivity contribution in [2.45, 2.75) is 13.8 Å². The Kier molecular flexibility index (Phi) is 4.55. The summed E-state index contributed by atoms with van der Waals surface area (Å²) in [5.74, 6) is -1.56. The van der Waals surface area contributed by atoms with E-state index in [1.807, 2.05) is 19.9 Å². The highest BCUT2D eigenvalue weighted by Gasteiger charge is 2.16. The predicted octanol–water partition coefficient (Wildman–Crippen LogP) is 2.93. The van der Waals surface area contributed by atoms with Crippen LogP contribution < -0.4 is 10.6 Å². The average Bonchev–Trinajstić information content (AvgIpc) is 2.43. The summed E-state index contributed by atoms with van der Waals surface area (Å²) < 4.78 is 0. The number of aryl methyl sites for hydroxylation is 2. The molecule has 0 saturated heterocycles. The van der Waals surface area contributed by atoms with E-state index in [4.69, 9.17) is 11.6 Å². The van der Waals surface area contributed by atoms with Gasteiger partial charge in [0, 0.05) is 6.20 Å². The normalized spacial score (nSPS) is 10.0. The molecule has 0 saturated carbocycles. The van der Waals surface area contributed by atoms with E-state index in [2.05, 4.69) is 15.6 Å². The van der Waals surface area contributed by atoms with Crippen molar-refractivity contribution >= 4 is 34.8 Å². The Hall–Kier alpha value is -2.40. The highest BCUT2D eigenvalue weighted by atomic mass is 35.5. The summed E-state index contributed by atoms with van der Waals surface area (Å²) in [6.45, 7) is 3.72. The molecule has 0 unspecified atom stereocenters. The third-order valence-corrected chi connectivity index (χ3v) is 3.09. The first-order valence-electron chi connectivity index (χ1n) is 6.26. The van der Waals surface area contributed by atoms with Gasteiger partial charge in [-0.05, 0) is 43.2 Å². The van der Waals surface area contributed by atoms with E-state index in [1.54, 1.807) is 24.4 Å². The summed E-state index contributed by atoms with van der Waals surface area (Å²) >= 11 is 6.09. The number of rotatable bonds is 2. The van der Waals surface area contributed by atoms with Crippen molar-refractivity contribution in [3.8, 4) is 0 Å². The zero-order valence-corrected chi connectivity index (χ0v) is 12.4. The number of carbonyl (C=O) groups excluding carboxylic acids is 2. The number of anilines is 2. The minimum absolute atomic E-state index is 0.398. The molecule has 1 aromatic heterocycles. The maximum absolute atomic E-state index is 11.9. The van der Waals surface area contributed by atoms with Crippen molar-refractivity contribution in [1.29, 1.82) is 0 Å². The van der Waals surface area contributed by atoms with Crippen LogP contribution in [0.15, 0.2) is 36.7 Å². The van der Waals surface area contributed by atoms with Crippen molar-refractivity contribution in [2.24, 2.45) is 0 Å². The Bertz CT molecular complexity index is 664. The fraction of sp³-hybridized carbons (Fsp3) is 0.133. The monoisotopic (exact) mass is 303 g/mol. The van der Waals surface area contributed by atoms with Crippen LogP contribution >= 0.6 is 11.6 Å². The van der Waals surface area contributed by atoms with Crippen LogP contribution in [0.3, 0.4) is 0 Å². The van der Waals surface area contributed by atoms with E-state index in [-0.39, 0.29) is 0 Å². The van der Waals surface area contributed by atoms with E-state index in [0.717, 1.165) is 11.1 Å². The van der Waals surface area contributed by atoms with E-state index in [1.165, 1.54) is 6.20 Å². The number of hydrogen-bond donors (Lipinski definition) is 2. The van der Waals surface area contributed by atoms with E-state index in [9.17, 15) is 9.59 Å². The maximum Gasteiger partial charge on any atom is 0.314 e. The highest BCUT2D eigenvalue weighted by Crippen LogP contribution is 2.27. The number of nitrogens with one attached hydrogen (secondary N) is 2. The second-order valence-electron chi connectivity index (χ2n) is 4.59. The lowest BCUT2D eigenvalue weighted by molar-refractivity contribution is -0.133. The molecule has 0 atom stereocenters. The molecule has 2 amide bonds. The van der Waals surface area contributed by atoms with Crippen molar-refractivity contribution in [2.75, 3.05) is 10.6 Å². The molecular weight excluding hydrogens is 290 g/mol. The molecule has 108 valence electrons. The topological polar surface area (TPSA) is 71.1 Å². The Labute approximate surface area is 127 Å². The molecule has 0 aliphatic carbocycles. The first kappa shape index (κ1) is 15.0. The molecule has 0 radical (unpaired) electrons. The van der Waals surface area contributed by atoms with Crippen molar-refractivity contribution < 1.29 is 9.59 Å². The maximum atomic E-state index is 11.9. The van der Waals surface area contributed by atoms with Crippen LogP contribution in [0.4, 0.5) is 11.4 Å². The van der Waals surface area contributed by atoms with E-state index >= 15 is 0 Å². The van der Waals surface area contributed by atoms with Gasteiger partial charge in [-0.15, -0.1) is 0 Å². The van der Waals surface area contributed by atoms with Gasteiger partial charge in [-0.1, -0.05) is 17.7 Å². The standard InChI is InChI=1S/C15H14ClN3O2/c1-9-6-10(2)13(12(16)7-9)19-15(21)14(20)18-11-4-3-5-17-8-11/h3-8H,1-2H3,(H,18,20)(H,19,21). The van der Waals surface area contributed by atoms with Gasteiger partial charge in [0.15, 0.2) is 0 Å². The van der Waals surface area contributed by atoms with Gasteiger partial charge in [-0.2, -0.15) is 0 Å². The minimum Gasteiger partial charge on any atom is -0.316 e. The van der Waals surface area contributed by atoms with Gasteiger partial charge < -0.3 is 10.6 Å². The second-order valence-corrected chi connectivity index (χ2v) is 5.00. The summed E-state index contributed by atoms with van der Waals surface area (Å²) in [4.78, 5) is 27.6. The molecule has 2 rings (SSSR count). The molecule has 21 heavy (non-hydrogen) atoms. The minimum atomic E-state index is -0.785. The zero-order valence-electron chi connectivity index (χ0n) is 11.6. The van der Waals surface area contributed by atoms with Crippen LogP contribution in [0.1, 0.15) is 11.1 Å². The van der Waals surface area contributed by atoms with Gasteiger partial charge in [0.05, 0.1) is 22.6 Å². The zero-order chi connectivity index (χ0) is 15.4. The smallest absolute Gasteiger partial charge is 0.314 e. The van der Waals surface area contributed by atoms with Crippen molar-refractivity contribution in [1.82, 2.24) is 4.98 Å². The van der Waals surface area contributed by atoms with E-state index < -0.39 is 11.8 Å². The van der Waals surface area contributed by atoms with Crippen LogP contribution in [0, 0.1) is 13.8 Å². The van der Waals surface area contributed by atoms with Gasteiger partial charge in [-0.3, -0.25) is 14.6 Å². The molecule has 6 heteroatoms. The first-order valence-corrected chi connectivity index (χ1v) is 6.64. The predicted molar refractivity (Wildman–Crippen MR) is 82.4 cm³/mol. The molecule has 0 spiro atoms. The lowest BCUT2D eigenvalue weighted by Crippen LogP contribution is -2.29. The SMILES string of the molecule is Cc1cc(C)c(NC(=O)C(=O)Nc2cccnc2)c(Cl)c1. The molecule has 1 aromatic carbocycles. The Morgan fingerprint density at radius 2 is 1.86 bits per heavy atom. The van der Waals surface area contributed by atoms with E-state index in [0.29, 0.717) is 16.4 Å². The average molecular weight is 304 g/mol. The third-order valence-electron chi connectivity index (χ3n) is 2.80. The second kappa shape index (κ2) is 6.37. The quantitative estimate of drug-likeness (QED) is 0.838. The fourth-order valence-electron chi connectivity index (χ4n) is 1.87. The number of hydrogen-bond acceptors (Lipinski definition) is 3.